The number of fused-ring (bicyclic) bond motifs is 1. The number of ether oxygens (including phenoxy) is 2. The van der Waals surface area contributed by atoms with Crippen LogP contribution in [-0.2, 0) is 9.47 Å². The summed E-state index contributed by atoms with van der Waals surface area (Å²) in [6.45, 7) is 1.55. The Labute approximate surface area is 111 Å². The Kier molecular flexibility index (Phi) is 3.21. The molecule has 100 valence electrons. The van der Waals surface area contributed by atoms with Gasteiger partial charge in [0.25, 0.3) is 0 Å². The molecule has 1 aliphatic heterocycles. The minimum atomic E-state index is -0.325. The molecule has 2 aromatic rings. The van der Waals surface area contributed by atoms with Gasteiger partial charge in [0.1, 0.15) is 5.82 Å². The summed E-state index contributed by atoms with van der Waals surface area (Å²) in [5.74, 6) is 1.07. The number of esters is 1. The number of aromatic nitrogens is 2. The van der Waals surface area contributed by atoms with Crippen molar-refractivity contribution in [2.45, 2.75) is 18.8 Å². The van der Waals surface area contributed by atoms with E-state index in [1.807, 2.05) is 16.7 Å². The van der Waals surface area contributed by atoms with Crippen LogP contribution in [0, 0.1) is 0 Å². The van der Waals surface area contributed by atoms with Gasteiger partial charge < -0.3 is 13.9 Å². The molecule has 3 rings (SSSR count). The predicted molar refractivity (Wildman–Crippen MR) is 69.3 cm³/mol. The lowest BCUT2D eigenvalue weighted by molar-refractivity contribution is 0.0600. The molecule has 5 nitrogen and oxygen atoms in total. The van der Waals surface area contributed by atoms with E-state index in [0.29, 0.717) is 11.5 Å². The van der Waals surface area contributed by atoms with Crippen molar-refractivity contribution in [2.24, 2.45) is 0 Å². The number of carbonyl (C=O) groups excluding carboxylic acids is 1. The lowest BCUT2D eigenvalue weighted by Gasteiger charge is -2.21. The molecule has 0 aromatic carbocycles. The molecular weight excluding hydrogens is 244 g/mol. The lowest BCUT2D eigenvalue weighted by atomic mass is 9.99. The van der Waals surface area contributed by atoms with Crippen LogP contribution < -0.4 is 0 Å². The van der Waals surface area contributed by atoms with E-state index in [1.54, 1.807) is 12.3 Å². The molecule has 0 amide bonds. The molecular formula is C14H16N2O3. The highest BCUT2D eigenvalue weighted by atomic mass is 16.5. The van der Waals surface area contributed by atoms with E-state index in [2.05, 4.69) is 4.98 Å². The average Bonchev–Trinajstić information content (AvgIpc) is 2.90. The van der Waals surface area contributed by atoms with Crippen molar-refractivity contribution in [2.75, 3.05) is 20.3 Å². The second-order valence-corrected chi connectivity index (χ2v) is 4.71. The van der Waals surface area contributed by atoms with Crippen molar-refractivity contribution in [1.29, 1.82) is 0 Å². The molecule has 0 aliphatic carbocycles. The molecule has 19 heavy (non-hydrogen) atoms. The molecule has 0 saturated carbocycles. The van der Waals surface area contributed by atoms with Gasteiger partial charge in [-0.05, 0) is 25.0 Å². The quantitative estimate of drug-likeness (QED) is 0.775. The van der Waals surface area contributed by atoms with Gasteiger partial charge in [0.05, 0.1) is 24.4 Å². The molecule has 1 saturated heterocycles. The molecule has 0 spiro atoms. The number of imidazole rings is 1. The fraction of sp³-hybridized carbons (Fsp3) is 0.429. The fourth-order valence-electron chi connectivity index (χ4n) is 2.51. The zero-order valence-electron chi connectivity index (χ0n) is 10.8. The first kappa shape index (κ1) is 12.2. The van der Waals surface area contributed by atoms with Crippen LogP contribution in [-0.4, -0.2) is 35.7 Å². The van der Waals surface area contributed by atoms with Crippen LogP contribution in [0.4, 0.5) is 0 Å². The summed E-state index contributed by atoms with van der Waals surface area (Å²) in [6.07, 6.45) is 5.59. The van der Waals surface area contributed by atoms with Crippen molar-refractivity contribution < 1.29 is 14.3 Å². The summed E-state index contributed by atoms with van der Waals surface area (Å²) in [4.78, 5) is 16.1. The molecule has 1 fully saturated rings. The van der Waals surface area contributed by atoms with E-state index >= 15 is 0 Å². The first-order valence-corrected chi connectivity index (χ1v) is 6.42. The number of rotatable bonds is 2. The average molecular weight is 260 g/mol. The van der Waals surface area contributed by atoms with Crippen molar-refractivity contribution >= 4 is 11.5 Å². The molecule has 5 heteroatoms. The van der Waals surface area contributed by atoms with E-state index < -0.39 is 0 Å². The summed E-state index contributed by atoms with van der Waals surface area (Å²) in [5, 5.41) is 0. The van der Waals surface area contributed by atoms with Gasteiger partial charge in [-0.25, -0.2) is 9.78 Å². The largest absolute Gasteiger partial charge is 0.465 e. The van der Waals surface area contributed by atoms with Crippen molar-refractivity contribution in [3.05, 3.63) is 35.9 Å². The van der Waals surface area contributed by atoms with Gasteiger partial charge in [0, 0.05) is 25.3 Å². The molecule has 3 heterocycles. The van der Waals surface area contributed by atoms with Gasteiger partial charge in [0.15, 0.2) is 0 Å². The molecule has 1 aliphatic rings. The Hall–Kier alpha value is -1.88. The highest BCUT2D eigenvalue weighted by molar-refractivity contribution is 5.89. The van der Waals surface area contributed by atoms with Crippen LogP contribution in [0.1, 0.15) is 34.9 Å². The normalized spacial score (nSPS) is 16.7. The van der Waals surface area contributed by atoms with Crippen molar-refractivity contribution in [3.63, 3.8) is 0 Å². The third kappa shape index (κ3) is 2.21. The number of hydrogen-bond acceptors (Lipinski definition) is 4. The zero-order valence-corrected chi connectivity index (χ0v) is 10.8. The summed E-state index contributed by atoms with van der Waals surface area (Å²) in [5.41, 5.74) is 1.54. The highest BCUT2D eigenvalue weighted by Gasteiger charge is 2.20. The summed E-state index contributed by atoms with van der Waals surface area (Å²) in [7, 11) is 1.39. The Morgan fingerprint density at radius 1 is 1.42 bits per heavy atom. The Balaban J connectivity index is 2.02. The Morgan fingerprint density at radius 2 is 2.21 bits per heavy atom. The first-order chi connectivity index (χ1) is 9.29. The molecule has 0 bridgehead atoms. The van der Waals surface area contributed by atoms with Gasteiger partial charge in [-0.2, -0.15) is 0 Å². The monoisotopic (exact) mass is 260 g/mol. The second kappa shape index (κ2) is 5.01. The lowest BCUT2D eigenvalue weighted by Crippen LogP contribution is -2.16. The maximum absolute atomic E-state index is 11.6. The summed E-state index contributed by atoms with van der Waals surface area (Å²) < 4.78 is 12.1. The van der Waals surface area contributed by atoms with Gasteiger partial charge >= 0.3 is 5.97 Å². The summed E-state index contributed by atoms with van der Waals surface area (Å²) >= 11 is 0. The number of methoxy groups -OCH3 is 1. The van der Waals surface area contributed by atoms with Gasteiger partial charge in [-0.1, -0.05) is 0 Å². The Morgan fingerprint density at radius 3 is 2.95 bits per heavy atom. The molecule has 0 N–H and O–H groups in total. The number of carbonyl (C=O) groups is 1. The van der Waals surface area contributed by atoms with E-state index in [0.717, 1.165) is 37.4 Å². The van der Waals surface area contributed by atoms with Gasteiger partial charge in [-0.3, -0.25) is 0 Å². The van der Waals surface area contributed by atoms with Crippen molar-refractivity contribution in [1.82, 2.24) is 9.38 Å². The van der Waals surface area contributed by atoms with Crippen LogP contribution in [0.2, 0.25) is 0 Å². The second-order valence-electron chi connectivity index (χ2n) is 4.71. The summed E-state index contributed by atoms with van der Waals surface area (Å²) in [6, 6.07) is 3.65. The molecule has 0 unspecified atom stereocenters. The minimum Gasteiger partial charge on any atom is -0.465 e. The predicted octanol–water partition coefficient (Wildman–Crippen LogP) is 2.01. The van der Waals surface area contributed by atoms with E-state index in [-0.39, 0.29) is 5.97 Å². The first-order valence-electron chi connectivity index (χ1n) is 6.42. The molecule has 0 radical (unpaired) electrons. The third-order valence-electron chi connectivity index (χ3n) is 3.56. The van der Waals surface area contributed by atoms with E-state index in [1.165, 1.54) is 7.11 Å². The van der Waals surface area contributed by atoms with Crippen LogP contribution in [0.3, 0.4) is 0 Å². The highest BCUT2D eigenvalue weighted by Crippen LogP contribution is 2.26. The standard InChI is InChI=1S/C14H16N2O3/c1-18-14(17)11-2-3-12-8-15-13(16(12)9-11)10-4-6-19-7-5-10/h2-3,8-10H,4-7H2,1H3. The van der Waals surface area contributed by atoms with Gasteiger partial charge in [0.2, 0.25) is 0 Å². The van der Waals surface area contributed by atoms with Crippen LogP contribution in [0.25, 0.3) is 5.52 Å². The van der Waals surface area contributed by atoms with Crippen LogP contribution >= 0.6 is 0 Å². The number of hydrogen-bond donors (Lipinski definition) is 0. The van der Waals surface area contributed by atoms with E-state index in [4.69, 9.17) is 9.47 Å². The maximum Gasteiger partial charge on any atom is 0.339 e. The third-order valence-corrected chi connectivity index (χ3v) is 3.56. The topological polar surface area (TPSA) is 52.8 Å². The minimum absolute atomic E-state index is 0.325. The maximum atomic E-state index is 11.6. The Bertz CT molecular complexity index is 600. The van der Waals surface area contributed by atoms with Crippen molar-refractivity contribution in [3.8, 4) is 0 Å². The SMILES string of the molecule is COC(=O)c1ccc2cnc(C3CCOCC3)n2c1. The van der Waals surface area contributed by atoms with E-state index in [9.17, 15) is 4.79 Å². The van der Waals surface area contributed by atoms with Crippen LogP contribution in [0.5, 0.6) is 0 Å². The zero-order chi connectivity index (χ0) is 13.2. The van der Waals surface area contributed by atoms with Crippen LogP contribution in [0.15, 0.2) is 24.5 Å². The fourth-order valence-corrected chi connectivity index (χ4v) is 2.51. The smallest absolute Gasteiger partial charge is 0.339 e. The number of nitrogens with zero attached hydrogens (tertiary/aromatic N) is 2. The molecule has 2 aromatic heterocycles. The number of pyridine rings is 1. The molecule has 0 atom stereocenters. The van der Waals surface area contributed by atoms with Gasteiger partial charge in [-0.15, -0.1) is 0 Å².